The van der Waals surface area contributed by atoms with Crippen LogP contribution in [-0.2, 0) is 0 Å². The molecule has 4 saturated heterocycles. The standard InChI is InChI=1S/C37H73N5/c1-34(2,3)31-17-19-39(18-13-29-14-20-40(21-15-29)35(4,5)6)32(25-31)33-28-38(23-24-42(33)37(10,11)12)26-30-16-22-41(27-30)36(7,8)9/h29-33H,13-28H2,1-12H3/t30-,31?,32?,33?/m1/s1. The van der Waals surface area contributed by atoms with Crippen LogP contribution in [0.3, 0.4) is 0 Å². The zero-order valence-electron chi connectivity index (χ0n) is 30.4. The third kappa shape index (κ3) is 8.95. The van der Waals surface area contributed by atoms with Gasteiger partial charge < -0.3 is 4.90 Å². The predicted octanol–water partition coefficient (Wildman–Crippen LogP) is 6.92. The summed E-state index contributed by atoms with van der Waals surface area (Å²) in [6.45, 7) is 42.0. The zero-order chi connectivity index (χ0) is 31.1. The van der Waals surface area contributed by atoms with Gasteiger partial charge in [0.05, 0.1) is 0 Å². The first kappa shape index (κ1) is 34.7. The monoisotopic (exact) mass is 588 g/mol. The molecule has 0 spiro atoms. The lowest BCUT2D eigenvalue weighted by atomic mass is 9.71. The van der Waals surface area contributed by atoms with Gasteiger partial charge in [0.25, 0.3) is 0 Å². The Labute approximate surface area is 263 Å². The second-order valence-corrected chi connectivity index (χ2v) is 19.0. The molecule has 0 N–H and O–H groups in total. The molecule has 246 valence electrons. The molecular formula is C37H73N5. The molecule has 4 heterocycles. The summed E-state index contributed by atoms with van der Waals surface area (Å²) >= 11 is 0. The Hall–Kier alpha value is -0.200. The van der Waals surface area contributed by atoms with E-state index in [0.717, 1.165) is 17.8 Å². The van der Waals surface area contributed by atoms with Crippen LogP contribution < -0.4 is 0 Å². The first-order valence-corrected chi connectivity index (χ1v) is 18.1. The second-order valence-electron chi connectivity index (χ2n) is 19.0. The van der Waals surface area contributed by atoms with Gasteiger partial charge in [0.15, 0.2) is 0 Å². The van der Waals surface area contributed by atoms with Gasteiger partial charge in [-0.25, -0.2) is 0 Å². The maximum atomic E-state index is 3.00. The van der Waals surface area contributed by atoms with Crippen LogP contribution in [0.1, 0.15) is 122 Å². The summed E-state index contributed by atoms with van der Waals surface area (Å²) in [5.74, 6) is 2.55. The molecule has 0 aromatic rings. The zero-order valence-corrected chi connectivity index (χ0v) is 30.4. The van der Waals surface area contributed by atoms with Crippen LogP contribution in [0.25, 0.3) is 0 Å². The molecule has 4 aliphatic heterocycles. The quantitative estimate of drug-likeness (QED) is 0.334. The first-order chi connectivity index (χ1) is 19.3. The lowest BCUT2D eigenvalue weighted by molar-refractivity contribution is -0.0617. The van der Waals surface area contributed by atoms with Gasteiger partial charge in [0, 0.05) is 61.4 Å². The molecule has 0 saturated carbocycles. The maximum Gasteiger partial charge on any atom is 0.0384 e. The highest BCUT2D eigenvalue weighted by Crippen LogP contribution is 2.40. The molecule has 0 aromatic heterocycles. The SMILES string of the molecule is CC(C)(C)C1CCN(CCC2CCN(C(C)(C)C)CC2)C(C2CN(C[C@H]3CCN(C(C)(C)C)C3)CCN2C(C)(C)C)C1. The summed E-state index contributed by atoms with van der Waals surface area (Å²) in [7, 11) is 0. The van der Waals surface area contributed by atoms with Gasteiger partial charge in [0.1, 0.15) is 0 Å². The number of piperazine rings is 1. The number of nitrogens with zero attached hydrogens (tertiary/aromatic N) is 5. The van der Waals surface area contributed by atoms with Gasteiger partial charge >= 0.3 is 0 Å². The van der Waals surface area contributed by atoms with Crippen molar-refractivity contribution in [3.63, 3.8) is 0 Å². The maximum absolute atomic E-state index is 3.00. The number of piperidine rings is 2. The van der Waals surface area contributed by atoms with Crippen LogP contribution >= 0.6 is 0 Å². The van der Waals surface area contributed by atoms with E-state index >= 15 is 0 Å². The largest absolute Gasteiger partial charge is 0.300 e. The van der Waals surface area contributed by atoms with Crippen LogP contribution in [-0.4, -0.2) is 119 Å². The molecule has 0 amide bonds. The topological polar surface area (TPSA) is 16.2 Å². The Morgan fingerprint density at radius 2 is 1.14 bits per heavy atom. The first-order valence-electron chi connectivity index (χ1n) is 18.1. The smallest absolute Gasteiger partial charge is 0.0384 e. The Balaban J connectivity index is 1.46. The molecule has 4 atom stereocenters. The summed E-state index contributed by atoms with van der Waals surface area (Å²) in [5.41, 5.74) is 1.23. The van der Waals surface area contributed by atoms with Gasteiger partial charge in [-0.1, -0.05) is 20.8 Å². The van der Waals surface area contributed by atoms with Crippen LogP contribution in [0.4, 0.5) is 0 Å². The molecule has 0 aromatic carbocycles. The number of hydrogen-bond donors (Lipinski definition) is 0. The normalized spacial score (nSPS) is 31.7. The van der Waals surface area contributed by atoms with Gasteiger partial charge in [-0.05, 0) is 157 Å². The van der Waals surface area contributed by atoms with E-state index in [2.05, 4.69) is 108 Å². The van der Waals surface area contributed by atoms with E-state index in [1.807, 2.05) is 0 Å². The van der Waals surface area contributed by atoms with E-state index in [4.69, 9.17) is 0 Å². The highest BCUT2D eigenvalue weighted by atomic mass is 15.4. The summed E-state index contributed by atoms with van der Waals surface area (Å²) in [4.78, 5) is 14.3. The van der Waals surface area contributed by atoms with Gasteiger partial charge in [0.2, 0.25) is 0 Å². The molecule has 5 heteroatoms. The molecule has 5 nitrogen and oxygen atoms in total. The van der Waals surface area contributed by atoms with E-state index in [-0.39, 0.29) is 5.54 Å². The van der Waals surface area contributed by atoms with Crippen molar-refractivity contribution in [1.82, 2.24) is 24.5 Å². The third-order valence-corrected chi connectivity index (χ3v) is 11.9. The fourth-order valence-corrected chi connectivity index (χ4v) is 8.90. The van der Waals surface area contributed by atoms with E-state index in [9.17, 15) is 0 Å². The van der Waals surface area contributed by atoms with Gasteiger partial charge in [-0.2, -0.15) is 0 Å². The van der Waals surface area contributed by atoms with E-state index in [1.165, 1.54) is 104 Å². The van der Waals surface area contributed by atoms with Crippen molar-refractivity contribution in [2.75, 3.05) is 65.4 Å². The Morgan fingerprint density at radius 1 is 0.548 bits per heavy atom. The number of rotatable bonds is 6. The second kappa shape index (κ2) is 13.3. The van der Waals surface area contributed by atoms with Crippen molar-refractivity contribution in [3.8, 4) is 0 Å². The Bertz CT molecular complexity index is 834. The summed E-state index contributed by atoms with van der Waals surface area (Å²) in [5, 5.41) is 0. The average molecular weight is 588 g/mol. The predicted molar refractivity (Wildman–Crippen MR) is 182 cm³/mol. The van der Waals surface area contributed by atoms with Crippen LogP contribution in [0.15, 0.2) is 0 Å². The average Bonchev–Trinajstić information content (AvgIpc) is 3.35. The van der Waals surface area contributed by atoms with Crippen molar-refractivity contribution in [1.29, 1.82) is 0 Å². The molecular weight excluding hydrogens is 514 g/mol. The van der Waals surface area contributed by atoms with E-state index in [1.54, 1.807) is 0 Å². The van der Waals surface area contributed by atoms with Gasteiger partial charge in [-0.3, -0.25) is 19.6 Å². The fourth-order valence-electron chi connectivity index (χ4n) is 8.90. The molecule has 4 fully saturated rings. The number of hydrogen-bond acceptors (Lipinski definition) is 5. The highest BCUT2D eigenvalue weighted by Gasteiger charge is 2.45. The summed E-state index contributed by atoms with van der Waals surface area (Å²) in [6, 6.07) is 1.31. The lowest BCUT2D eigenvalue weighted by Gasteiger charge is -2.56. The van der Waals surface area contributed by atoms with Crippen molar-refractivity contribution in [2.24, 2.45) is 23.2 Å². The van der Waals surface area contributed by atoms with Crippen molar-refractivity contribution >= 4 is 0 Å². The third-order valence-electron chi connectivity index (χ3n) is 11.9. The lowest BCUT2D eigenvalue weighted by Crippen LogP contribution is -2.67. The van der Waals surface area contributed by atoms with Crippen molar-refractivity contribution < 1.29 is 0 Å². The molecule has 0 bridgehead atoms. The summed E-state index contributed by atoms with van der Waals surface area (Å²) in [6.07, 6.45) is 8.29. The van der Waals surface area contributed by atoms with Crippen LogP contribution in [0.5, 0.6) is 0 Å². The van der Waals surface area contributed by atoms with Crippen LogP contribution in [0.2, 0.25) is 0 Å². The number of likely N-dealkylation sites (tertiary alicyclic amines) is 3. The summed E-state index contributed by atoms with van der Waals surface area (Å²) < 4.78 is 0. The van der Waals surface area contributed by atoms with E-state index < -0.39 is 0 Å². The molecule has 42 heavy (non-hydrogen) atoms. The minimum atomic E-state index is 0.216. The van der Waals surface area contributed by atoms with Crippen molar-refractivity contribution in [3.05, 3.63) is 0 Å². The van der Waals surface area contributed by atoms with Crippen molar-refractivity contribution in [2.45, 2.75) is 150 Å². The minimum absolute atomic E-state index is 0.216. The molecule has 0 aliphatic carbocycles. The molecule has 3 unspecified atom stereocenters. The molecule has 4 aliphatic rings. The Kier molecular flexibility index (Phi) is 10.9. The Morgan fingerprint density at radius 3 is 1.69 bits per heavy atom. The van der Waals surface area contributed by atoms with E-state index in [0.29, 0.717) is 28.6 Å². The van der Waals surface area contributed by atoms with Crippen LogP contribution in [0, 0.1) is 23.2 Å². The molecule has 0 radical (unpaired) electrons. The van der Waals surface area contributed by atoms with Gasteiger partial charge in [-0.15, -0.1) is 0 Å². The fraction of sp³-hybridized carbons (Fsp3) is 1.00. The highest BCUT2D eigenvalue weighted by molar-refractivity contribution is 5.01. The minimum Gasteiger partial charge on any atom is -0.300 e. The molecule has 4 rings (SSSR count).